The van der Waals surface area contributed by atoms with Gasteiger partial charge in [0.05, 0.1) is 11.3 Å². The molecule has 136 valence electrons. The van der Waals surface area contributed by atoms with Crippen molar-refractivity contribution in [3.8, 4) is 40.0 Å². The van der Waals surface area contributed by atoms with Gasteiger partial charge in [-0.1, -0.05) is 6.92 Å². The first-order chi connectivity index (χ1) is 13.1. The number of aromatic hydroxyl groups is 2. The number of nitrogens with one attached hydrogen (secondary N) is 2. The molecular weight excluding hydrogens is 362 g/mol. The van der Waals surface area contributed by atoms with Crippen LogP contribution in [0.5, 0.6) is 11.5 Å². The fourth-order valence-electron chi connectivity index (χ4n) is 2.99. The SMILES string of the molecule is CCc1cc(-c2n[nH]c(=S)n2-c2ccc(-c3ncc[nH]3)cc2)c(O)cc1O. The largest absolute Gasteiger partial charge is 0.508 e. The third-order valence-corrected chi connectivity index (χ3v) is 4.66. The quantitative estimate of drug-likeness (QED) is 0.402. The van der Waals surface area contributed by atoms with Crippen LogP contribution in [0.4, 0.5) is 0 Å². The predicted molar refractivity (Wildman–Crippen MR) is 104 cm³/mol. The van der Waals surface area contributed by atoms with Gasteiger partial charge < -0.3 is 15.2 Å². The van der Waals surface area contributed by atoms with Gasteiger partial charge in [0.2, 0.25) is 0 Å². The molecule has 0 unspecified atom stereocenters. The van der Waals surface area contributed by atoms with Gasteiger partial charge in [-0.15, -0.1) is 0 Å². The lowest BCUT2D eigenvalue weighted by atomic mass is 10.1. The molecule has 0 radical (unpaired) electrons. The van der Waals surface area contributed by atoms with E-state index in [0.717, 1.165) is 22.6 Å². The summed E-state index contributed by atoms with van der Waals surface area (Å²) in [5, 5.41) is 27.4. The van der Waals surface area contributed by atoms with E-state index in [4.69, 9.17) is 12.2 Å². The standard InChI is InChI=1S/C19H17N5O2S/c1-2-11-9-14(16(26)10-15(11)25)18-22-23-19(27)24(18)13-5-3-12(4-6-13)17-20-7-8-21-17/h3-10,25-26H,2H2,1H3,(H,20,21)(H,23,27). The second-order valence-electron chi connectivity index (χ2n) is 6.02. The molecule has 4 rings (SSSR count). The Morgan fingerprint density at radius 1 is 1.11 bits per heavy atom. The van der Waals surface area contributed by atoms with E-state index in [9.17, 15) is 10.2 Å². The Labute approximate surface area is 160 Å². The first-order valence-electron chi connectivity index (χ1n) is 8.41. The lowest BCUT2D eigenvalue weighted by Gasteiger charge is -2.11. The van der Waals surface area contributed by atoms with Crippen molar-refractivity contribution in [2.45, 2.75) is 13.3 Å². The van der Waals surface area contributed by atoms with E-state index in [2.05, 4.69) is 20.2 Å². The number of H-pyrrole nitrogens is 2. The van der Waals surface area contributed by atoms with Crippen molar-refractivity contribution in [2.24, 2.45) is 0 Å². The number of imidazole rings is 1. The molecule has 4 aromatic rings. The van der Waals surface area contributed by atoms with Gasteiger partial charge in [-0.3, -0.25) is 9.67 Å². The van der Waals surface area contributed by atoms with Crippen molar-refractivity contribution >= 4 is 12.2 Å². The summed E-state index contributed by atoms with van der Waals surface area (Å²) in [6, 6.07) is 10.7. The topological polar surface area (TPSA) is 103 Å². The Bertz CT molecular complexity index is 1140. The van der Waals surface area contributed by atoms with Gasteiger partial charge in [-0.2, -0.15) is 5.10 Å². The summed E-state index contributed by atoms with van der Waals surface area (Å²) in [6.45, 7) is 1.93. The van der Waals surface area contributed by atoms with E-state index in [0.29, 0.717) is 22.6 Å². The molecule has 0 saturated carbocycles. The molecule has 0 amide bonds. The maximum absolute atomic E-state index is 10.3. The Morgan fingerprint density at radius 2 is 1.89 bits per heavy atom. The van der Waals surface area contributed by atoms with Crippen LogP contribution in [-0.2, 0) is 6.42 Å². The van der Waals surface area contributed by atoms with Crippen LogP contribution in [0, 0.1) is 4.77 Å². The minimum absolute atomic E-state index is 0.0576. The van der Waals surface area contributed by atoms with Gasteiger partial charge in [0.15, 0.2) is 10.6 Å². The van der Waals surface area contributed by atoms with Crippen LogP contribution >= 0.6 is 12.2 Å². The molecule has 8 heteroatoms. The molecule has 2 aromatic heterocycles. The number of phenolic OH excluding ortho intramolecular Hbond substituents is 2. The minimum atomic E-state index is -0.0628. The summed E-state index contributed by atoms with van der Waals surface area (Å²) in [4.78, 5) is 7.31. The molecule has 4 N–H and O–H groups in total. The minimum Gasteiger partial charge on any atom is -0.508 e. The van der Waals surface area contributed by atoms with Gasteiger partial charge in [0, 0.05) is 24.0 Å². The van der Waals surface area contributed by atoms with Crippen molar-refractivity contribution < 1.29 is 10.2 Å². The molecule has 0 atom stereocenters. The van der Waals surface area contributed by atoms with Crippen LogP contribution in [0.25, 0.3) is 28.5 Å². The predicted octanol–water partition coefficient (Wildman–Crippen LogP) is 3.96. The normalized spacial score (nSPS) is 11.0. The van der Waals surface area contributed by atoms with E-state index in [1.165, 1.54) is 6.07 Å². The molecule has 0 saturated heterocycles. The monoisotopic (exact) mass is 379 g/mol. The highest BCUT2D eigenvalue weighted by atomic mass is 32.1. The zero-order valence-corrected chi connectivity index (χ0v) is 15.3. The van der Waals surface area contributed by atoms with Crippen LogP contribution in [-0.4, -0.2) is 34.9 Å². The lowest BCUT2D eigenvalue weighted by Crippen LogP contribution is -1.99. The number of hydrogen-bond donors (Lipinski definition) is 4. The van der Waals surface area contributed by atoms with Gasteiger partial charge in [-0.05, 0) is 54.5 Å². The van der Waals surface area contributed by atoms with Crippen molar-refractivity contribution in [1.29, 1.82) is 0 Å². The Hall–Kier alpha value is -3.39. The molecule has 0 fully saturated rings. The lowest BCUT2D eigenvalue weighted by molar-refractivity contribution is 0.447. The molecule has 7 nitrogen and oxygen atoms in total. The highest BCUT2D eigenvalue weighted by Crippen LogP contribution is 2.35. The third-order valence-electron chi connectivity index (χ3n) is 4.39. The molecule has 0 bridgehead atoms. The summed E-state index contributed by atoms with van der Waals surface area (Å²) in [6.07, 6.45) is 4.10. The van der Waals surface area contributed by atoms with Crippen LogP contribution in [0.15, 0.2) is 48.8 Å². The van der Waals surface area contributed by atoms with E-state index in [-0.39, 0.29) is 11.5 Å². The van der Waals surface area contributed by atoms with Crippen molar-refractivity contribution in [1.82, 2.24) is 24.7 Å². The first kappa shape index (κ1) is 17.0. The molecule has 0 aliphatic carbocycles. The molecule has 0 aliphatic heterocycles. The highest BCUT2D eigenvalue weighted by Gasteiger charge is 2.17. The fourth-order valence-corrected chi connectivity index (χ4v) is 3.23. The molecular formula is C19H17N5O2S. The van der Waals surface area contributed by atoms with E-state index in [1.54, 1.807) is 23.0 Å². The Balaban J connectivity index is 1.83. The van der Waals surface area contributed by atoms with Gasteiger partial charge in [-0.25, -0.2) is 4.98 Å². The van der Waals surface area contributed by atoms with Crippen LogP contribution in [0.1, 0.15) is 12.5 Å². The summed E-state index contributed by atoms with van der Waals surface area (Å²) in [5.41, 5.74) is 2.95. The molecule has 2 aromatic carbocycles. The van der Waals surface area contributed by atoms with Crippen LogP contribution < -0.4 is 0 Å². The van der Waals surface area contributed by atoms with Gasteiger partial charge >= 0.3 is 0 Å². The van der Waals surface area contributed by atoms with Gasteiger partial charge in [0.25, 0.3) is 0 Å². The fraction of sp³-hybridized carbons (Fsp3) is 0.105. The molecule has 0 aliphatic rings. The number of hydrogen-bond acceptors (Lipinski definition) is 5. The van der Waals surface area contributed by atoms with Gasteiger partial charge in [0.1, 0.15) is 17.3 Å². The maximum atomic E-state index is 10.3. The second kappa shape index (κ2) is 6.73. The number of aromatic amines is 2. The first-order valence-corrected chi connectivity index (χ1v) is 8.82. The zero-order chi connectivity index (χ0) is 19.0. The number of benzene rings is 2. The number of aromatic nitrogens is 5. The van der Waals surface area contributed by atoms with Crippen molar-refractivity contribution in [3.63, 3.8) is 0 Å². The zero-order valence-electron chi connectivity index (χ0n) is 14.5. The summed E-state index contributed by atoms with van der Waals surface area (Å²) in [7, 11) is 0. The van der Waals surface area contributed by atoms with Crippen LogP contribution in [0.2, 0.25) is 0 Å². The summed E-state index contributed by atoms with van der Waals surface area (Å²) < 4.78 is 2.15. The summed E-state index contributed by atoms with van der Waals surface area (Å²) in [5.74, 6) is 1.24. The van der Waals surface area contributed by atoms with E-state index in [1.807, 2.05) is 31.2 Å². The Kier molecular flexibility index (Phi) is 4.25. The number of rotatable bonds is 4. The average Bonchev–Trinajstić information content (AvgIpc) is 3.32. The maximum Gasteiger partial charge on any atom is 0.200 e. The second-order valence-corrected chi connectivity index (χ2v) is 6.41. The third kappa shape index (κ3) is 3.00. The average molecular weight is 379 g/mol. The van der Waals surface area contributed by atoms with Crippen LogP contribution in [0.3, 0.4) is 0 Å². The van der Waals surface area contributed by atoms with Crippen molar-refractivity contribution in [3.05, 3.63) is 59.1 Å². The number of nitrogens with zero attached hydrogens (tertiary/aromatic N) is 3. The van der Waals surface area contributed by atoms with E-state index >= 15 is 0 Å². The van der Waals surface area contributed by atoms with Crippen molar-refractivity contribution in [2.75, 3.05) is 0 Å². The molecule has 0 spiro atoms. The smallest absolute Gasteiger partial charge is 0.200 e. The number of phenols is 2. The molecule has 27 heavy (non-hydrogen) atoms. The molecule has 2 heterocycles. The highest BCUT2D eigenvalue weighted by molar-refractivity contribution is 7.71. The van der Waals surface area contributed by atoms with E-state index < -0.39 is 0 Å². The Morgan fingerprint density at radius 3 is 2.56 bits per heavy atom. The summed E-state index contributed by atoms with van der Waals surface area (Å²) >= 11 is 5.39. The number of aryl methyl sites for hydroxylation is 1.